The smallest absolute Gasteiger partial charge is 0.307 e. The van der Waals surface area contributed by atoms with Gasteiger partial charge in [0.1, 0.15) is 5.58 Å². The lowest BCUT2D eigenvalue weighted by molar-refractivity contribution is 0.0929. The molecule has 5 rings (SSSR count). The van der Waals surface area contributed by atoms with Gasteiger partial charge in [-0.05, 0) is 58.7 Å². The summed E-state index contributed by atoms with van der Waals surface area (Å²) in [6.07, 6.45) is 1.65. The SMILES string of the molecule is Cc1c(/C=N\NC(=O)c2cc3cc(Br)cc(Br)c3o2)c2ccccc2n1Cc1ccccc1C#N. The number of rotatable bonds is 5. The van der Waals surface area contributed by atoms with Crippen LogP contribution in [0.15, 0.2) is 85.2 Å². The predicted molar refractivity (Wildman–Crippen MR) is 144 cm³/mol. The molecule has 1 N–H and O–H groups in total. The minimum Gasteiger partial charge on any atom is -0.450 e. The molecule has 0 aliphatic carbocycles. The van der Waals surface area contributed by atoms with Gasteiger partial charge in [0.25, 0.3) is 0 Å². The van der Waals surface area contributed by atoms with Crippen LogP contribution in [0.1, 0.15) is 32.9 Å². The Bertz CT molecular complexity index is 1670. The molecule has 1 amide bonds. The molecular formula is C27H18Br2N4O2. The summed E-state index contributed by atoms with van der Waals surface area (Å²) in [5.74, 6) is -0.270. The van der Waals surface area contributed by atoms with Crippen LogP contribution < -0.4 is 5.43 Å². The fraction of sp³-hybridized carbons (Fsp3) is 0.0741. The van der Waals surface area contributed by atoms with Crippen molar-refractivity contribution in [1.82, 2.24) is 9.99 Å². The standard InChI is InChI=1S/C27H18Br2N4O2/c1-16-22(14-31-32-27(34)25-11-19-10-20(28)12-23(29)26(19)35-25)21-8-4-5-9-24(21)33(16)15-18-7-3-2-6-17(18)13-30/h2-12,14H,15H2,1H3,(H,32,34)/b31-14-. The number of nitrogens with zero attached hydrogens (tertiary/aromatic N) is 3. The number of aromatic nitrogens is 1. The molecule has 0 spiro atoms. The maximum atomic E-state index is 12.7. The normalized spacial score (nSPS) is 11.4. The van der Waals surface area contributed by atoms with Crippen molar-refractivity contribution >= 4 is 65.9 Å². The third-order valence-electron chi connectivity index (χ3n) is 5.87. The van der Waals surface area contributed by atoms with Crippen molar-refractivity contribution in [3.05, 3.63) is 104 Å². The molecule has 0 fully saturated rings. The van der Waals surface area contributed by atoms with Gasteiger partial charge < -0.3 is 8.98 Å². The number of carbonyl (C=O) groups excluding carboxylic acids is 1. The zero-order valence-electron chi connectivity index (χ0n) is 18.5. The van der Waals surface area contributed by atoms with Gasteiger partial charge in [0, 0.05) is 38.6 Å². The number of furan rings is 1. The molecule has 35 heavy (non-hydrogen) atoms. The van der Waals surface area contributed by atoms with Crippen molar-refractivity contribution < 1.29 is 9.21 Å². The molecule has 6 nitrogen and oxygen atoms in total. The monoisotopic (exact) mass is 588 g/mol. The average Bonchev–Trinajstić information content (AvgIpc) is 3.40. The van der Waals surface area contributed by atoms with Crippen LogP contribution in [0.4, 0.5) is 0 Å². The van der Waals surface area contributed by atoms with Crippen molar-refractivity contribution in [1.29, 1.82) is 5.26 Å². The number of fused-ring (bicyclic) bond motifs is 2. The molecule has 0 saturated carbocycles. The molecule has 0 bridgehead atoms. The van der Waals surface area contributed by atoms with E-state index in [4.69, 9.17) is 4.42 Å². The molecule has 0 radical (unpaired) electrons. The highest BCUT2D eigenvalue weighted by molar-refractivity contribution is 9.11. The van der Waals surface area contributed by atoms with E-state index < -0.39 is 5.91 Å². The summed E-state index contributed by atoms with van der Waals surface area (Å²) in [5.41, 5.74) is 7.66. The second kappa shape index (κ2) is 9.53. The summed E-state index contributed by atoms with van der Waals surface area (Å²) in [7, 11) is 0. The van der Waals surface area contributed by atoms with Crippen LogP contribution in [0.5, 0.6) is 0 Å². The number of benzene rings is 3. The number of carbonyl (C=O) groups is 1. The summed E-state index contributed by atoms with van der Waals surface area (Å²) < 4.78 is 9.51. The number of nitriles is 1. The van der Waals surface area contributed by atoms with Gasteiger partial charge in [0.05, 0.1) is 22.3 Å². The van der Waals surface area contributed by atoms with E-state index in [1.54, 1.807) is 12.3 Å². The van der Waals surface area contributed by atoms with E-state index >= 15 is 0 Å². The molecule has 5 aromatic rings. The molecule has 172 valence electrons. The van der Waals surface area contributed by atoms with Crippen molar-refractivity contribution in [2.75, 3.05) is 0 Å². The first-order valence-electron chi connectivity index (χ1n) is 10.7. The third kappa shape index (κ3) is 4.41. The number of nitrogens with one attached hydrogen (secondary N) is 1. The number of hydrogen-bond donors (Lipinski definition) is 1. The first-order chi connectivity index (χ1) is 17.0. The van der Waals surface area contributed by atoms with Crippen LogP contribution >= 0.6 is 31.9 Å². The number of amides is 1. The molecule has 0 saturated heterocycles. The van der Waals surface area contributed by atoms with Gasteiger partial charge in [-0.1, -0.05) is 52.3 Å². The van der Waals surface area contributed by atoms with Crippen LogP contribution in [0.3, 0.4) is 0 Å². The Morgan fingerprint density at radius 1 is 1.14 bits per heavy atom. The van der Waals surface area contributed by atoms with Gasteiger partial charge in [0.2, 0.25) is 0 Å². The number of halogens is 2. The topological polar surface area (TPSA) is 83.3 Å². The van der Waals surface area contributed by atoms with Crippen LogP contribution in [-0.4, -0.2) is 16.7 Å². The second-order valence-electron chi connectivity index (χ2n) is 7.99. The Morgan fingerprint density at radius 3 is 2.74 bits per heavy atom. The van der Waals surface area contributed by atoms with Crippen molar-refractivity contribution in [2.24, 2.45) is 5.10 Å². The lowest BCUT2D eigenvalue weighted by Gasteiger charge is -2.10. The van der Waals surface area contributed by atoms with Crippen LogP contribution in [0.2, 0.25) is 0 Å². The molecule has 2 aromatic heterocycles. The average molecular weight is 590 g/mol. The second-order valence-corrected chi connectivity index (χ2v) is 9.76. The number of hydrazone groups is 1. The first-order valence-corrected chi connectivity index (χ1v) is 12.3. The van der Waals surface area contributed by atoms with Crippen molar-refractivity contribution in [3.8, 4) is 6.07 Å². The quantitative estimate of drug-likeness (QED) is 0.179. The Kier molecular flexibility index (Phi) is 6.29. The van der Waals surface area contributed by atoms with E-state index in [0.29, 0.717) is 17.7 Å². The van der Waals surface area contributed by atoms with Crippen LogP contribution in [0, 0.1) is 18.3 Å². The van der Waals surface area contributed by atoms with Gasteiger partial charge in [0.15, 0.2) is 5.76 Å². The predicted octanol–water partition coefficient (Wildman–Crippen LogP) is 6.90. The summed E-state index contributed by atoms with van der Waals surface area (Å²) in [6, 6.07) is 23.3. The molecule has 0 aliphatic rings. The van der Waals surface area contributed by atoms with Gasteiger partial charge in [-0.15, -0.1) is 0 Å². The van der Waals surface area contributed by atoms with E-state index in [9.17, 15) is 10.1 Å². The van der Waals surface area contributed by atoms with Gasteiger partial charge in [-0.3, -0.25) is 4.79 Å². The minimum atomic E-state index is -0.440. The Morgan fingerprint density at radius 2 is 1.91 bits per heavy atom. The van der Waals surface area contributed by atoms with Crippen LogP contribution in [-0.2, 0) is 6.54 Å². The van der Waals surface area contributed by atoms with Gasteiger partial charge >= 0.3 is 5.91 Å². The maximum absolute atomic E-state index is 12.7. The zero-order chi connectivity index (χ0) is 24.5. The summed E-state index contributed by atoms with van der Waals surface area (Å²) in [6.45, 7) is 2.56. The van der Waals surface area contributed by atoms with E-state index in [1.807, 2.05) is 67.6 Å². The van der Waals surface area contributed by atoms with Gasteiger partial charge in [-0.25, -0.2) is 5.43 Å². The molecule has 0 atom stereocenters. The highest BCUT2D eigenvalue weighted by Crippen LogP contribution is 2.31. The summed E-state index contributed by atoms with van der Waals surface area (Å²) >= 11 is 6.90. The lowest BCUT2D eigenvalue weighted by Crippen LogP contribution is -2.16. The minimum absolute atomic E-state index is 0.170. The van der Waals surface area contributed by atoms with Crippen molar-refractivity contribution in [3.63, 3.8) is 0 Å². The van der Waals surface area contributed by atoms with Crippen LogP contribution in [0.25, 0.3) is 21.9 Å². The van der Waals surface area contributed by atoms with E-state index in [0.717, 1.165) is 42.1 Å². The van der Waals surface area contributed by atoms with E-state index in [2.05, 4.69) is 53.0 Å². The lowest BCUT2D eigenvalue weighted by atomic mass is 10.1. The molecule has 0 aliphatic heterocycles. The molecule has 8 heteroatoms. The van der Waals surface area contributed by atoms with E-state index in [1.165, 1.54) is 0 Å². The molecule has 3 aromatic carbocycles. The highest BCUT2D eigenvalue weighted by atomic mass is 79.9. The summed E-state index contributed by atoms with van der Waals surface area (Å²) in [4.78, 5) is 12.7. The molecule has 0 unspecified atom stereocenters. The Hall–Kier alpha value is -3.67. The van der Waals surface area contributed by atoms with Gasteiger partial charge in [-0.2, -0.15) is 10.4 Å². The summed E-state index contributed by atoms with van der Waals surface area (Å²) in [5, 5.41) is 15.5. The zero-order valence-corrected chi connectivity index (χ0v) is 21.7. The molecule has 2 heterocycles. The Labute approximate surface area is 218 Å². The third-order valence-corrected chi connectivity index (χ3v) is 6.91. The Balaban J connectivity index is 1.44. The maximum Gasteiger partial charge on any atom is 0.307 e. The molecular weight excluding hydrogens is 572 g/mol. The fourth-order valence-electron chi connectivity index (χ4n) is 4.16. The first kappa shape index (κ1) is 23.1. The largest absolute Gasteiger partial charge is 0.450 e. The number of hydrogen-bond acceptors (Lipinski definition) is 4. The van der Waals surface area contributed by atoms with E-state index in [-0.39, 0.29) is 5.76 Å². The van der Waals surface area contributed by atoms with Crippen molar-refractivity contribution in [2.45, 2.75) is 13.5 Å². The number of para-hydroxylation sites is 1. The fourth-order valence-corrected chi connectivity index (χ4v) is 5.50. The highest BCUT2D eigenvalue weighted by Gasteiger charge is 2.16.